The molecule has 1 atom stereocenters. The van der Waals surface area contributed by atoms with Crippen LogP contribution in [0.5, 0.6) is 0 Å². The molecule has 1 aromatic heterocycles. The molecule has 0 unspecified atom stereocenters. The Labute approximate surface area is 118 Å². The SMILES string of the molecule is Cc1nc(-c2ccc(F)c(F)c2Br)ncc1[C@@H](C)N. The van der Waals surface area contributed by atoms with Crippen molar-refractivity contribution in [1.82, 2.24) is 9.97 Å². The third-order valence-electron chi connectivity index (χ3n) is 2.78. The van der Waals surface area contributed by atoms with Gasteiger partial charge in [0, 0.05) is 29.1 Å². The molecule has 1 heterocycles. The summed E-state index contributed by atoms with van der Waals surface area (Å²) in [6, 6.07) is 2.30. The summed E-state index contributed by atoms with van der Waals surface area (Å²) in [5, 5.41) is 0. The van der Waals surface area contributed by atoms with Gasteiger partial charge in [-0.2, -0.15) is 0 Å². The summed E-state index contributed by atoms with van der Waals surface area (Å²) in [7, 11) is 0. The fourth-order valence-corrected chi connectivity index (χ4v) is 2.25. The fraction of sp³-hybridized carbons (Fsp3) is 0.231. The second kappa shape index (κ2) is 5.30. The Morgan fingerprint density at radius 3 is 2.58 bits per heavy atom. The summed E-state index contributed by atoms with van der Waals surface area (Å²) in [5.41, 5.74) is 7.72. The molecule has 0 bridgehead atoms. The number of aryl methyl sites for hydroxylation is 1. The van der Waals surface area contributed by atoms with Crippen LogP contribution in [0.15, 0.2) is 22.8 Å². The van der Waals surface area contributed by atoms with Crippen LogP contribution in [0, 0.1) is 18.6 Å². The van der Waals surface area contributed by atoms with E-state index in [1.54, 1.807) is 13.1 Å². The van der Waals surface area contributed by atoms with Crippen molar-refractivity contribution in [3.05, 3.63) is 45.7 Å². The molecule has 1 aromatic carbocycles. The molecule has 0 amide bonds. The fourth-order valence-electron chi connectivity index (χ4n) is 1.75. The maximum absolute atomic E-state index is 13.5. The number of rotatable bonds is 2. The molecule has 6 heteroatoms. The lowest BCUT2D eigenvalue weighted by molar-refractivity contribution is 0.504. The largest absolute Gasteiger partial charge is 0.324 e. The van der Waals surface area contributed by atoms with E-state index in [2.05, 4.69) is 25.9 Å². The Hall–Kier alpha value is -1.40. The van der Waals surface area contributed by atoms with Crippen molar-refractivity contribution < 1.29 is 8.78 Å². The number of benzene rings is 1. The van der Waals surface area contributed by atoms with Gasteiger partial charge in [0.15, 0.2) is 17.5 Å². The first-order chi connectivity index (χ1) is 8.91. The zero-order valence-electron chi connectivity index (χ0n) is 10.4. The van der Waals surface area contributed by atoms with Crippen LogP contribution in [0.25, 0.3) is 11.4 Å². The van der Waals surface area contributed by atoms with Gasteiger partial charge in [-0.1, -0.05) is 0 Å². The van der Waals surface area contributed by atoms with Gasteiger partial charge >= 0.3 is 0 Å². The van der Waals surface area contributed by atoms with E-state index >= 15 is 0 Å². The first kappa shape index (κ1) is 14.0. The van der Waals surface area contributed by atoms with Gasteiger partial charge < -0.3 is 5.73 Å². The summed E-state index contributed by atoms with van der Waals surface area (Å²) in [6.07, 6.45) is 1.61. The number of hydrogen-bond donors (Lipinski definition) is 1. The lowest BCUT2D eigenvalue weighted by Crippen LogP contribution is -2.09. The summed E-state index contributed by atoms with van der Waals surface area (Å²) in [4.78, 5) is 8.44. The molecule has 19 heavy (non-hydrogen) atoms. The Morgan fingerprint density at radius 1 is 1.32 bits per heavy atom. The van der Waals surface area contributed by atoms with E-state index in [1.807, 2.05) is 6.92 Å². The molecule has 0 saturated heterocycles. The quantitative estimate of drug-likeness (QED) is 0.859. The second-order valence-corrected chi connectivity index (χ2v) is 5.04. The summed E-state index contributed by atoms with van der Waals surface area (Å²) >= 11 is 3.02. The minimum absolute atomic E-state index is 0.0143. The normalized spacial score (nSPS) is 12.5. The summed E-state index contributed by atoms with van der Waals surface area (Å²) in [6.45, 7) is 3.64. The van der Waals surface area contributed by atoms with Gasteiger partial charge in [0.1, 0.15) is 0 Å². The average molecular weight is 328 g/mol. The summed E-state index contributed by atoms with van der Waals surface area (Å²) in [5.74, 6) is -1.54. The van der Waals surface area contributed by atoms with Gasteiger partial charge in [-0.15, -0.1) is 0 Å². The van der Waals surface area contributed by atoms with Crippen molar-refractivity contribution in [2.75, 3.05) is 0 Å². The van der Waals surface area contributed by atoms with Crippen LogP contribution < -0.4 is 5.73 Å². The Bertz CT molecular complexity index is 630. The van der Waals surface area contributed by atoms with Gasteiger partial charge in [-0.3, -0.25) is 0 Å². The molecule has 3 nitrogen and oxygen atoms in total. The molecule has 0 spiro atoms. The molecule has 0 aliphatic heterocycles. The molecule has 2 N–H and O–H groups in total. The van der Waals surface area contributed by atoms with Crippen molar-refractivity contribution in [2.45, 2.75) is 19.9 Å². The molecular weight excluding hydrogens is 316 g/mol. The van der Waals surface area contributed by atoms with E-state index in [0.717, 1.165) is 17.3 Å². The maximum Gasteiger partial charge on any atom is 0.173 e. The van der Waals surface area contributed by atoms with E-state index in [9.17, 15) is 8.78 Å². The lowest BCUT2D eigenvalue weighted by Gasteiger charge is -2.11. The monoisotopic (exact) mass is 327 g/mol. The van der Waals surface area contributed by atoms with Crippen LogP contribution in [0.4, 0.5) is 8.78 Å². The van der Waals surface area contributed by atoms with E-state index in [1.165, 1.54) is 6.07 Å². The molecule has 0 radical (unpaired) electrons. The van der Waals surface area contributed by atoms with Crippen LogP contribution in [-0.2, 0) is 0 Å². The second-order valence-electron chi connectivity index (χ2n) is 4.25. The van der Waals surface area contributed by atoms with Gasteiger partial charge in [0.05, 0.1) is 4.47 Å². The number of aromatic nitrogens is 2. The highest BCUT2D eigenvalue weighted by molar-refractivity contribution is 9.10. The lowest BCUT2D eigenvalue weighted by atomic mass is 10.1. The van der Waals surface area contributed by atoms with Crippen molar-refractivity contribution >= 4 is 15.9 Å². The molecular formula is C13H12BrF2N3. The van der Waals surface area contributed by atoms with Gasteiger partial charge in [0.2, 0.25) is 0 Å². The number of halogens is 3. The van der Waals surface area contributed by atoms with Crippen LogP contribution >= 0.6 is 15.9 Å². The minimum Gasteiger partial charge on any atom is -0.324 e. The molecule has 0 aliphatic carbocycles. The van der Waals surface area contributed by atoms with Crippen molar-refractivity contribution in [3.63, 3.8) is 0 Å². The van der Waals surface area contributed by atoms with E-state index in [0.29, 0.717) is 11.4 Å². The van der Waals surface area contributed by atoms with Crippen LogP contribution in [0.3, 0.4) is 0 Å². The predicted molar refractivity (Wildman–Crippen MR) is 72.4 cm³/mol. The molecule has 0 saturated carbocycles. The number of nitrogens with zero attached hydrogens (tertiary/aromatic N) is 2. The third-order valence-corrected chi connectivity index (χ3v) is 3.56. The topological polar surface area (TPSA) is 51.8 Å². The molecule has 0 aliphatic rings. The van der Waals surface area contributed by atoms with Crippen LogP contribution in [-0.4, -0.2) is 9.97 Å². The van der Waals surface area contributed by atoms with E-state index in [4.69, 9.17) is 5.73 Å². The number of nitrogens with two attached hydrogens (primary N) is 1. The maximum atomic E-state index is 13.5. The first-order valence-electron chi connectivity index (χ1n) is 5.64. The average Bonchev–Trinajstić information content (AvgIpc) is 2.35. The number of hydrogen-bond acceptors (Lipinski definition) is 3. The van der Waals surface area contributed by atoms with Gasteiger partial charge in [0.25, 0.3) is 0 Å². The zero-order chi connectivity index (χ0) is 14.2. The zero-order valence-corrected chi connectivity index (χ0v) is 12.0. The Balaban J connectivity index is 2.55. The highest BCUT2D eigenvalue weighted by Crippen LogP contribution is 2.30. The highest BCUT2D eigenvalue weighted by Gasteiger charge is 2.15. The van der Waals surface area contributed by atoms with E-state index < -0.39 is 11.6 Å². The molecule has 100 valence electrons. The molecule has 2 rings (SSSR count). The standard InChI is InChI=1S/C13H12BrF2N3/c1-6(17)9-5-18-13(19-7(9)2)8-3-4-10(15)12(16)11(8)14/h3-6H,17H2,1-2H3/t6-/m1/s1. The third kappa shape index (κ3) is 2.64. The Morgan fingerprint density at radius 2 is 2.00 bits per heavy atom. The van der Waals surface area contributed by atoms with Crippen LogP contribution in [0.2, 0.25) is 0 Å². The van der Waals surface area contributed by atoms with Gasteiger partial charge in [-0.05, 0) is 41.9 Å². The van der Waals surface area contributed by atoms with Crippen molar-refractivity contribution in [2.24, 2.45) is 5.73 Å². The first-order valence-corrected chi connectivity index (χ1v) is 6.44. The Kier molecular flexibility index (Phi) is 3.91. The predicted octanol–water partition coefficient (Wildman–Crippen LogP) is 3.51. The van der Waals surface area contributed by atoms with Crippen molar-refractivity contribution in [1.29, 1.82) is 0 Å². The molecule has 0 fully saturated rings. The van der Waals surface area contributed by atoms with E-state index in [-0.39, 0.29) is 10.5 Å². The van der Waals surface area contributed by atoms with Crippen LogP contribution in [0.1, 0.15) is 24.2 Å². The smallest absolute Gasteiger partial charge is 0.173 e. The highest BCUT2D eigenvalue weighted by atomic mass is 79.9. The van der Waals surface area contributed by atoms with Crippen molar-refractivity contribution in [3.8, 4) is 11.4 Å². The minimum atomic E-state index is -0.949. The summed E-state index contributed by atoms with van der Waals surface area (Å²) < 4.78 is 26.6. The van der Waals surface area contributed by atoms with Gasteiger partial charge in [-0.25, -0.2) is 18.7 Å². The molecule has 2 aromatic rings.